The molecule has 1 aliphatic heterocycles. The third kappa shape index (κ3) is 5.36. The molecule has 0 aromatic heterocycles. The van der Waals surface area contributed by atoms with Crippen molar-refractivity contribution in [2.75, 3.05) is 47.9 Å². The molecule has 1 aliphatic rings. The number of carbonyl (C=O) groups excluding carboxylic acids is 2. The van der Waals surface area contributed by atoms with E-state index in [0.29, 0.717) is 6.54 Å². The van der Waals surface area contributed by atoms with Gasteiger partial charge in [0.2, 0.25) is 0 Å². The number of aliphatic hydroxyl groups excluding tert-OH is 2. The van der Waals surface area contributed by atoms with E-state index in [4.69, 9.17) is 14.2 Å². The number of rotatable bonds is 8. The fourth-order valence-electron chi connectivity index (χ4n) is 2.52. The molecule has 10 heteroatoms. The Hall–Kier alpha value is -1.30. The van der Waals surface area contributed by atoms with E-state index in [0.717, 1.165) is 0 Å². The highest BCUT2D eigenvalue weighted by Crippen LogP contribution is 2.23. The van der Waals surface area contributed by atoms with Gasteiger partial charge in [-0.05, 0) is 0 Å². The molecule has 10 nitrogen and oxygen atoms in total. The third-order valence-electron chi connectivity index (χ3n) is 3.88. The minimum absolute atomic E-state index is 0.129. The number of quaternary nitrogens is 1. The van der Waals surface area contributed by atoms with Crippen LogP contribution in [0.15, 0.2) is 0 Å². The lowest BCUT2D eigenvalue weighted by Crippen LogP contribution is -2.63. The molecule has 0 radical (unpaired) electrons. The van der Waals surface area contributed by atoms with Crippen molar-refractivity contribution in [1.29, 1.82) is 0 Å². The first-order valence-electron chi connectivity index (χ1n) is 7.49. The number of nitrogens with zero attached hydrogens (tertiary/aromatic N) is 1. The van der Waals surface area contributed by atoms with Crippen molar-refractivity contribution in [3.05, 3.63) is 0 Å². The van der Waals surface area contributed by atoms with Crippen LogP contribution in [0.2, 0.25) is 0 Å². The van der Waals surface area contributed by atoms with Gasteiger partial charge in [0.1, 0.15) is 24.9 Å². The second kappa shape index (κ2) is 8.70. The van der Waals surface area contributed by atoms with Crippen molar-refractivity contribution in [3.63, 3.8) is 0 Å². The second-order valence-corrected chi connectivity index (χ2v) is 6.32. The zero-order chi connectivity index (χ0) is 18.5. The predicted molar refractivity (Wildman–Crippen MR) is 78.3 cm³/mol. The molecule has 1 amide bonds. The van der Waals surface area contributed by atoms with Gasteiger partial charge in [0.25, 0.3) is 5.91 Å². The summed E-state index contributed by atoms with van der Waals surface area (Å²) in [5.74, 6) is -1.73. The monoisotopic (exact) mass is 350 g/mol. The minimum Gasteiger partial charge on any atom is -0.544 e. The van der Waals surface area contributed by atoms with Crippen LogP contribution in [0.4, 0.5) is 0 Å². The summed E-state index contributed by atoms with van der Waals surface area (Å²) in [6.45, 7) is 0.349. The molecule has 1 fully saturated rings. The topological polar surface area (TPSA) is 137 Å². The van der Waals surface area contributed by atoms with Crippen LogP contribution < -0.4 is 10.4 Å². The van der Waals surface area contributed by atoms with Gasteiger partial charge in [-0.1, -0.05) is 0 Å². The van der Waals surface area contributed by atoms with Crippen molar-refractivity contribution in [1.82, 2.24) is 5.32 Å². The number of carboxylic acids is 1. The number of carbonyl (C=O) groups is 2. The normalized spacial score (nSPS) is 30.8. The molecular weight excluding hydrogens is 324 g/mol. The maximum atomic E-state index is 12.3. The van der Waals surface area contributed by atoms with Crippen molar-refractivity contribution in [2.24, 2.45) is 0 Å². The lowest BCUT2D eigenvalue weighted by atomic mass is 9.98. The number of ether oxygens (including phenoxy) is 3. The number of amides is 1. The summed E-state index contributed by atoms with van der Waals surface area (Å²) in [6.07, 6.45) is -6.09. The van der Waals surface area contributed by atoms with Crippen LogP contribution in [0, 0.1) is 0 Å². The average Bonchev–Trinajstić information content (AvgIpc) is 2.47. The van der Waals surface area contributed by atoms with Gasteiger partial charge in [-0.3, -0.25) is 4.79 Å². The molecule has 0 spiro atoms. The number of carboxylic acid groups (broad SMARTS) is 1. The standard InChI is InChI=1S/C14H26N2O8/c1-16(2,7-8(17)18)6-5-15-13(21)12-11(22-3)9(19)10(20)14(23-4)24-12/h9-12,14,19-20H,5-7H2,1-4H3,(H-,15,17,18,21)/t9-,10-,11+,12?,14?/m1/s1. The molecule has 1 rings (SSSR count). The minimum atomic E-state index is -1.35. The van der Waals surface area contributed by atoms with E-state index in [9.17, 15) is 24.9 Å². The Labute approximate surface area is 140 Å². The summed E-state index contributed by atoms with van der Waals surface area (Å²) in [7, 11) is 5.95. The fourth-order valence-corrected chi connectivity index (χ4v) is 2.52. The van der Waals surface area contributed by atoms with Crippen molar-refractivity contribution in [2.45, 2.75) is 30.7 Å². The zero-order valence-corrected chi connectivity index (χ0v) is 14.3. The van der Waals surface area contributed by atoms with Crippen LogP contribution >= 0.6 is 0 Å². The van der Waals surface area contributed by atoms with Gasteiger partial charge in [0.05, 0.1) is 33.2 Å². The summed E-state index contributed by atoms with van der Waals surface area (Å²) < 4.78 is 15.4. The number of nitrogens with one attached hydrogen (secondary N) is 1. The third-order valence-corrected chi connectivity index (χ3v) is 3.88. The number of hydrogen-bond donors (Lipinski definition) is 3. The summed E-state index contributed by atoms with van der Waals surface area (Å²) in [5.41, 5.74) is 0. The van der Waals surface area contributed by atoms with Crippen LogP contribution in [-0.2, 0) is 23.8 Å². The maximum absolute atomic E-state index is 12.3. The molecule has 0 saturated carbocycles. The number of likely N-dealkylation sites (N-methyl/N-ethyl adjacent to an activating group) is 1. The molecule has 5 atom stereocenters. The van der Waals surface area contributed by atoms with E-state index in [1.807, 2.05) is 0 Å². The maximum Gasteiger partial charge on any atom is 0.252 e. The number of hydrogen-bond acceptors (Lipinski definition) is 8. The predicted octanol–water partition coefficient (Wildman–Crippen LogP) is -3.96. The fraction of sp³-hybridized carbons (Fsp3) is 0.857. The van der Waals surface area contributed by atoms with E-state index in [1.54, 1.807) is 14.1 Å². The molecule has 0 bridgehead atoms. The Balaban J connectivity index is 2.63. The smallest absolute Gasteiger partial charge is 0.252 e. The molecule has 140 valence electrons. The van der Waals surface area contributed by atoms with Crippen molar-refractivity contribution >= 4 is 11.9 Å². The van der Waals surface area contributed by atoms with Crippen molar-refractivity contribution in [3.8, 4) is 0 Å². The summed E-state index contributed by atoms with van der Waals surface area (Å²) in [5, 5.41) is 33.1. The van der Waals surface area contributed by atoms with E-state index in [-0.39, 0.29) is 17.6 Å². The Morgan fingerprint density at radius 2 is 1.83 bits per heavy atom. The summed E-state index contributed by atoms with van der Waals surface area (Å²) >= 11 is 0. The quantitative estimate of drug-likeness (QED) is 0.377. The summed E-state index contributed by atoms with van der Waals surface area (Å²) in [4.78, 5) is 23.0. The highest BCUT2D eigenvalue weighted by Gasteiger charge is 2.48. The molecule has 24 heavy (non-hydrogen) atoms. The first-order valence-corrected chi connectivity index (χ1v) is 7.49. The Kier molecular flexibility index (Phi) is 7.52. The first kappa shape index (κ1) is 20.7. The lowest BCUT2D eigenvalue weighted by molar-refractivity contribution is -0.883. The summed E-state index contributed by atoms with van der Waals surface area (Å²) in [6, 6.07) is 0. The van der Waals surface area contributed by atoms with Crippen molar-refractivity contribution < 1.29 is 43.6 Å². The Morgan fingerprint density at radius 3 is 2.33 bits per heavy atom. The zero-order valence-electron chi connectivity index (χ0n) is 14.3. The highest BCUT2D eigenvalue weighted by atomic mass is 16.7. The van der Waals surface area contributed by atoms with Gasteiger partial charge in [-0.2, -0.15) is 0 Å². The molecule has 1 saturated heterocycles. The number of aliphatic hydroxyl groups is 2. The van der Waals surface area contributed by atoms with E-state index < -0.39 is 42.6 Å². The lowest BCUT2D eigenvalue weighted by Gasteiger charge is -2.40. The second-order valence-electron chi connectivity index (χ2n) is 6.32. The van der Waals surface area contributed by atoms with Gasteiger partial charge < -0.3 is 44.1 Å². The number of aliphatic carboxylic acids is 1. The van der Waals surface area contributed by atoms with Crippen LogP contribution in [0.3, 0.4) is 0 Å². The highest BCUT2D eigenvalue weighted by molar-refractivity contribution is 5.81. The largest absolute Gasteiger partial charge is 0.544 e. The van der Waals surface area contributed by atoms with E-state index in [1.165, 1.54) is 14.2 Å². The first-order chi connectivity index (χ1) is 11.1. The SMILES string of the molecule is COC1OC(C(=O)NCC[N+](C)(C)CC(=O)[O-])[C@@H](OC)[C@H](O)[C@H]1O. The van der Waals surface area contributed by atoms with Crippen LogP contribution in [0.1, 0.15) is 0 Å². The van der Waals surface area contributed by atoms with Gasteiger partial charge in [0.15, 0.2) is 12.4 Å². The van der Waals surface area contributed by atoms with Gasteiger partial charge in [-0.25, -0.2) is 0 Å². The average molecular weight is 350 g/mol. The molecule has 0 aromatic carbocycles. The Morgan fingerprint density at radius 1 is 1.21 bits per heavy atom. The van der Waals surface area contributed by atoms with E-state index in [2.05, 4.69) is 5.32 Å². The number of methoxy groups -OCH3 is 2. The van der Waals surface area contributed by atoms with Gasteiger partial charge in [0, 0.05) is 14.2 Å². The van der Waals surface area contributed by atoms with Crippen LogP contribution in [0.5, 0.6) is 0 Å². The van der Waals surface area contributed by atoms with Crippen LogP contribution in [-0.4, -0.2) is 105 Å². The van der Waals surface area contributed by atoms with Crippen LogP contribution in [0.25, 0.3) is 0 Å². The van der Waals surface area contributed by atoms with Gasteiger partial charge >= 0.3 is 0 Å². The van der Waals surface area contributed by atoms with E-state index >= 15 is 0 Å². The molecule has 3 N–H and O–H groups in total. The molecule has 2 unspecified atom stereocenters. The Bertz CT molecular complexity index is 444. The molecular formula is C14H26N2O8. The molecule has 0 aromatic rings. The van der Waals surface area contributed by atoms with Gasteiger partial charge in [-0.15, -0.1) is 0 Å². The molecule has 1 heterocycles. The molecule has 0 aliphatic carbocycles.